The zero-order chi connectivity index (χ0) is 18.2. The van der Waals surface area contributed by atoms with Crippen LogP contribution in [0, 0.1) is 10.7 Å². The van der Waals surface area contributed by atoms with Gasteiger partial charge in [-0.1, -0.05) is 0 Å². The van der Waals surface area contributed by atoms with Crippen LogP contribution in [-0.2, 0) is 25.5 Å². The lowest BCUT2D eigenvalue weighted by molar-refractivity contribution is -0.144. The topological polar surface area (TPSA) is 111 Å². The minimum atomic E-state index is -0.703. The fourth-order valence-corrected chi connectivity index (χ4v) is 2.80. The number of hydrogen-bond acceptors (Lipinski definition) is 7. The number of furan rings is 1. The highest BCUT2D eigenvalue weighted by atomic mass is 127. The molecule has 0 aliphatic rings. The molecular formula is C15H14IN3O5S. The largest absolute Gasteiger partial charge is 0.452 e. The van der Waals surface area contributed by atoms with Gasteiger partial charge in [-0.2, -0.15) is 0 Å². The van der Waals surface area contributed by atoms with Crippen LogP contribution in [0.25, 0.3) is 6.08 Å². The van der Waals surface area contributed by atoms with Crippen molar-refractivity contribution >= 4 is 57.8 Å². The van der Waals surface area contributed by atoms with Crippen molar-refractivity contribution in [1.82, 2.24) is 15.8 Å². The lowest BCUT2D eigenvalue weighted by atomic mass is 10.4. The fraction of sp³-hybridized carbons (Fsp3) is 0.200. The number of nitrogens with zero attached hydrogens (tertiary/aromatic N) is 1. The predicted octanol–water partition coefficient (Wildman–Crippen LogP) is 1.60. The molecule has 0 bridgehead atoms. The van der Waals surface area contributed by atoms with Crippen molar-refractivity contribution in [3.8, 4) is 0 Å². The van der Waals surface area contributed by atoms with E-state index in [9.17, 15) is 14.4 Å². The molecule has 0 radical (unpaired) electrons. The second-order valence-corrected chi connectivity index (χ2v) is 6.74. The Kier molecular flexibility index (Phi) is 7.13. The molecule has 0 fully saturated rings. The predicted molar refractivity (Wildman–Crippen MR) is 98.3 cm³/mol. The number of esters is 1. The molecule has 132 valence electrons. The lowest BCUT2D eigenvalue weighted by Gasteiger charge is -2.06. The van der Waals surface area contributed by atoms with Gasteiger partial charge >= 0.3 is 5.97 Å². The summed E-state index contributed by atoms with van der Waals surface area (Å²) >= 11 is 3.36. The minimum absolute atomic E-state index is 0.0588. The van der Waals surface area contributed by atoms with E-state index in [1.54, 1.807) is 12.1 Å². The molecule has 2 N–H and O–H groups in total. The number of hydrogen-bond donors (Lipinski definition) is 2. The smallest absolute Gasteiger partial charge is 0.331 e. The number of ether oxygens (including phenoxy) is 1. The maximum absolute atomic E-state index is 11.6. The lowest BCUT2D eigenvalue weighted by Crippen LogP contribution is -2.44. The molecule has 2 aromatic heterocycles. The standard InChI is InChI=1S/C15H14IN3O5S/c1-9-8-25-14(17-9)6-12(20)18-19-13(21)7-23-15(22)5-3-10-2-4-11(16)24-10/h2-5,8H,6-7H2,1H3,(H,18,20)(H,19,21)/b5-3+. The molecule has 0 saturated carbocycles. The highest BCUT2D eigenvalue weighted by Gasteiger charge is 2.09. The van der Waals surface area contributed by atoms with Gasteiger partial charge in [-0.3, -0.25) is 20.4 Å². The van der Waals surface area contributed by atoms with E-state index < -0.39 is 24.4 Å². The van der Waals surface area contributed by atoms with Gasteiger partial charge < -0.3 is 9.15 Å². The van der Waals surface area contributed by atoms with E-state index in [-0.39, 0.29) is 6.42 Å². The van der Waals surface area contributed by atoms with Gasteiger partial charge in [0.1, 0.15) is 10.8 Å². The van der Waals surface area contributed by atoms with E-state index in [1.807, 2.05) is 34.9 Å². The zero-order valence-corrected chi connectivity index (χ0v) is 16.0. The Labute approximate surface area is 160 Å². The van der Waals surface area contributed by atoms with Gasteiger partial charge in [-0.25, -0.2) is 9.78 Å². The number of carbonyl (C=O) groups excluding carboxylic acids is 3. The van der Waals surface area contributed by atoms with Crippen LogP contribution in [0.1, 0.15) is 16.5 Å². The molecule has 0 aliphatic carbocycles. The van der Waals surface area contributed by atoms with E-state index >= 15 is 0 Å². The summed E-state index contributed by atoms with van der Waals surface area (Å²) in [7, 11) is 0. The average Bonchev–Trinajstić information content (AvgIpc) is 3.17. The molecule has 2 rings (SSSR count). The third kappa shape index (κ3) is 7.05. The van der Waals surface area contributed by atoms with Gasteiger partial charge in [0.15, 0.2) is 10.4 Å². The molecule has 10 heteroatoms. The number of rotatable bonds is 6. The first-order valence-corrected chi connectivity index (χ1v) is 8.97. The summed E-state index contributed by atoms with van der Waals surface area (Å²) in [5, 5.41) is 2.48. The van der Waals surface area contributed by atoms with Crippen molar-refractivity contribution < 1.29 is 23.5 Å². The molecule has 2 heterocycles. The number of amides is 2. The summed E-state index contributed by atoms with van der Waals surface area (Å²) in [6.45, 7) is 1.31. The second kappa shape index (κ2) is 9.32. The van der Waals surface area contributed by atoms with Crippen molar-refractivity contribution in [3.63, 3.8) is 0 Å². The second-order valence-electron chi connectivity index (χ2n) is 4.74. The van der Waals surface area contributed by atoms with Gasteiger partial charge in [-0.15, -0.1) is 11.3 Å². The van der Waals surface area contributed by atoms with Crippen LogP contribution >= 0.6 is 33.9 Å². The molecule has 0 atom stereocenters. The first-order valence-electron chi connectivity index (χ1n) is 7.01. The van der Waals surface area contributed by atoms with Gasteiger partial charge in [-0.05, 0) is 47.7 Å². The Bertz CT molecular complexity index is 799. The van der Waals surface area contributed by atoms with E-state index in [0.29, 0.717) is 14.5 Å². The number of halogens is 1. The summed E-state index contributed by atoms with van der Waals surface area (Å²) in [5.74, 6) is -1.28. The number of carbonyl (C=O) groups is 3. The number of hydrazine groups is 1. The zero-order valence-electron chi connectivity index (χ0n) is 13.1. The Morgan fingerprint density at radius 1 is 1.32 bits per heavy atom. The van der Waals surface area contributed by atoms with Crippen LogP contribution in [0.15, 0.2) is 28.0 Å². The minimum Gasteiger partial charge on any atom is -0.452 e. The number of aromatic nitrogens is 1. The first kappa shape index (κ1) is 19.1. The van der Waals surface area contributed by atoms with Crippen LogP contribution in [0.2, 0.25) is 0 Å². The molecule has 0 saturated heterocycles. The van der Waals surface area contributed by atoms with E-state index in [1.165, 1.54) is 17.4 Å². The number of nitrogens with one attached hydrogen (secondary N) is 2. The SMILES string of the molecule is Cc1csc(CC(=O)NNC(=O)COC(=O)/C=C/c2ccc(I)o2)n1. The third-order valence-corrected chi connectivity index (χ3v) is 4.19. The van der Waals surface area contributed by atoms with Gasteiger partial charge in [0.05, 0.1) is 6.42 Å². The maximum Gasteiger partial charge on any atom is 0.331 e. The Hall–Kier alpha value is -2.21. The van der Waals surface area contributed by atoms with Crippen LogP contribution < -0.4 is 10.9 Å². The summed E-state index contributed by atoms with van der Waals surface area (Å²) < 4.78 is 10.7. The van der Waals surface area contributed by atoms with E-state index in [4.69, 9.17) is 9.15 Å². The van der Waals surface area contributed by atoms with Crippen LogP contribution in [0.5, 0.6) is 0 Å². The summed E-state index contributed by atoms with van der Waals surface area (Å²) in [6, 6.07) is 3.44. The van der Waals surface area contributed by atoms with Crippen LogP contribution in [-0.4, -0.2) is 29.4 Å². The van der Waals surface area contributed by atoms with Crippen molar-refractivity contribution in [1.29, 1.82) is 0 Å². The van der Waals surface area contributed by atoms with E-state index in [2.05, 4.69) is 15.8 Å². The van der Waals surface area contributed by atoms with Crippen LogP contribution in [0.3, 0.4) is 0 Å². The molecule has 2 amide bonds. The monoisotopic (exact) mass is 475 g/mol. The Morgan fingerprint density at radius 3 is 2.72 bits per heavy atom. The number of aryl methyl sites for hydroxylation is 1. The van der Waals surface area contributed by atoms with Gasteiger partial charge in [0.2, 0.25) is 5.91 Å². The summed E-state index contributed by atoms with van der Waals surface area (Å²) in [6.07, 6.45) is 2.63. The molecule has 0 aliphatic heterocycles. The van der Waals surface area contributed by atoms with Crippen molar-refractivity contribution in [2.75, 3.05) is 6.61 Å². The van der Waals surface area contributed by atoms with Crippen LogP contribution in [0.4, 0.5) is 0 Å². The molecule has 0 unspecified atom stereocenters. The molecule has 25 heavy (non-hydrogen) atoms. The van der Waals surface area contributed by atoms with E-state index in [0.717, 1.165) is 11.8 Å². The highest BCUT2D eigenvalue weighted by Crippen LogP contribution is 2.11. The van der Waals surface area contributed by atoms with Crippen molar-refractivity contribution in [3.05, 3.63) is 43.8 Å². The summed E-state index contributed by atoms with van der Waals surface area (Å²) in [5.41, 5.74) is 5.22. The van der Waals surface area contributed by atoms with Crippen molar-refractivity contribution in [2.24, 2.45) is 0 Å². The third-order valence-electron chi connectivity index (χ3n) is 2.64. The number of thiazole rings is 1. The quantitative estimate of drug-likeness (QED) is 0.284. The molecular weight excluding hydrogens is 461 g/mol. The molecule has 0 spiro atoms. The van der Waals surface area contributed by atoms with Gasteiger partial charge in [0, 0.05) is 17.2 Å². The first-order chi connectivity index (χ1) is 11.9. The molecule has 0 aromatic carbocycles. The fourth-order valence-electron chi connectivity index (χ4n) is 1.59. The Balaban J connectivity index is 1.65. The molecule has 8 nitrogen and oxygen atoms in total. The average molecular weight is 475 g/mol. The normalized spacial score (nSPS) is 10.6. The molecule has 2 aromatic rings. The van der Waals surface area contributed by atoms with Crippen molar-refractivity contribution in [2.45, 2.75) is 13.3 Å². The summed E-state index contributed by atoms with van der Waals surface area (Å²) in [4.78, 5) is 38.8. The van der Waals surface area contributed by atoms with Gasteiger partial charge in [0.25, 0.3) is 5.91 Å². The maximum atomic E-state index is 11.6. The Morgan fingerprint density at radius 2 is 2.08 bits per heavy atom. The highest BCUT2D eigenvalue weighted by molar-refractivity contribution is 14.1.